The molecule has 0 spiro atoms. The minimum absolute atomic E-state index is 0.360. The maximum Gasteiger partial charge on any atom is 0.131 e. The van der Waals surface area contributed by atoms with Crippen LogP contribution in [0.5, 0.6) is 5.75 Å². The molecule has 0 aliphatic heterocycles. The van der Waals surface area contributed by atoms with Gasteiger partial charge in [-0.2, -0.15) is 5.26 Å². The van der Waals surface area contributed by atoms with Crippen LogP contribution >= 0.6 is 11.6 Å². The van der Waals surface area contributed by atoms with Crippen molar-refractivity contribution in [3.8, 4) is 11.8 Å². The fourth-order valence-electron chi connectivity index (χ4n) is 1.62. The number of hydrogen-bond acceptors (Lipinski definition) is 4. The molecule has 0 radical (unpaired) electrons. The zero-order valence-corrected chi connectivity index (χ0v) is 11.3. The molecule has 96 valence electrons. The molecule has 0 aliphatic carbocycles. The molecule has 0 amide bonds. The van der Waals surface area contributed by atoms with E-state index in [0.717, 1.165) is 17.0 Å². The second-order valence-corrected chi connectivity index (χ2v) is 4.37. The molecule has 5 heteroatoms. The number of ether oxygens (including phenoxy) is 1. The Morgan fingerprint density at radius 3 is 2.74 bits per heavy atom. The van der Waals surface area contributed by atoms with E-state index in [2.05, 4.69) is 10.3 Å². The summed E-state index contributed by atoms with van der Waals surface area (Å²) >= 11 is 5.96. The third kappa shape index (κ3) is 2.95. The van der Waals surface area contributed by atoms with E-state index in [1.54, 1.807) is 13.2 Å². The number of rotatable bonds is 3. The Hall–Kier alpha value is -2.25. The van der Waals surface area contributed by atoms with Gasteiger partial charge in [0.25, 0.3) is 0 Å². The molecular formula is C14H12ClN3O. The molecule has 1 N–H and O–H groups in total. The molecule has 2 rings (SSSR count). The summed E-state index contributed by atoms with van der Waals surface area (Å²) in [6.45, 7) is 1.97. The number of benzene rings is 1. The lowest BCUT2D eigenvalue weighted by atomic mass is 10.2. The van der Waals surface area contributed by atoms with E-state index in [9.17, 15) is 0 Å². The lowest BCUT2D eigenvalue weighted by Gasteiger charge is -2.10. The number of pyridine rings is 1. The minimum atomic E-state index is 0.360. The second kappa shape index (κ2) is 5.59. The monoisotopic (exact) mass is 273 g/mol. The van der Waals surface area contributed by atoms with Crippen molar-refractivity contribution in [2.75, 3.05) is 12.4 Å². The van der Waals surface area contributed by atoms with Gasteiger partial charge in [-0.25, -0.2) is 4.98 Å². The summed E-state index contributed by atoms with van der Waals surface area (Å²) < 4.78 is 5.15. The van der Waals surface area contributed by atoms with Gasteiger partial charge in [0.2, 0.25) is 0 Å². The molecule has 0 fully saturated rings. The van der Waals surface area contributed by atoms with Crippen LogP contribution in [-0.4, -0.2) is 12.1 Å². The molecule has 0 aliphatic rings. The largest absolute Gasteiger partial charge is 0.497 e. The average molecular weight is 274 g/mol. The first-order valence-corrected chi connectivity index (χ1v) is 5.99. The quantitative estimate of drug-likeness (QED) is 0.927. The maximum atomic E-state index is 8.79. The number of nitriles is 1. The number of aryl methyl sites for hydroxylation is 1. The van der Waals surface area contributed by atoms with Crippen molar-refractivity contribution in [3.05, 3.63) is 46.6 Å². The maximum absolute atomic E-state index is 8.79. The third-order valence-corrected chi connectivity index (χ3v) is 2.98. The molecule has 0 saturated carbocycles. The van der Waals surface area contributed by atoms with E-state index in [-0.39, 0.29) is 0 Å². The first kappa shape index (κ1) is 13.2. The smallest absolute Gasteiger partial charge is 0.131 e. The number of nitrogens with one attached hydrogen (secondary N) is 1. The Balaban J connectivity index is 2.26. The van der Waals surface area contributed by atoms with E-state index in [0.29, 0.717) is 16.4 Å². The fraction of sp³-hybridized carbons (Fsp3) is 0.143. The van der Waals surface area contributed by atoms with Crippen LogP contribution in [0.15, 0.2) is 30.5 Å². The highest BCUT2D eigenvalue weighted by Gasteiger charge is 2.05. The summed E-state index contributed by atoms with van der Waals surface area (Å²) in [5.74, 6) is 1.39. The number of halogens is 1. The van der Waals surface area contributed by atoms with Crippen LogP contribution < -0.4 is 10.1 Å². The van der Waals surface area contributed by atoms with Gasteiger partial charge < -0.3 is 10.1 Å². The molecule has 0 saturated heterocycles. The van der Waals surface area contributed by atoms with Gasteiger partial charge in [0, 0.05) is 18.0 Å². The minimum Gasteiger partial charge on any atom is -0.497 e. The van der Waals surface area contributed by atoms with Crippen LogP contribution in [0.1, 0.15) is 11.1 Å². The van der Waals surface area contributed by atoms with Gasteiger partial charge in [0.15, 0.2) is 0 Å². The van der Waals surface area contributed by atoms with Crippen LogP contribution in [0.2, 0.25) is 5.02 Å². The fourth-order valence-corrected chi connectivity index (χ4v) is 1.82. The molecular weight excluding hydrogens is 262 g/mol. The van der Waals surface area contributed by atoms with Crippen molar-refractivity contribution in [3.63, 3.8) is 0 Å². The molecule has 0 bridgehead atoms. The van der Waals surface area contributed by atoms with Crippen LogP contribution in [0.3, 0.4) is 0 Å². The third-order valence-electron chi connectivity index (χ3n) is 2.67. The van der Waals surface area contributed by atoms with Gasteiger partial charge in [-0.3, -0.25) is 0 Å². The van der Waals surface area contributed by atoms with Crippen molar-refractivity contribution in [2.24, 2.45) is 0 Å². The first-order valence-electron chi connectivity index (χ1n) is 5.61. The predicted octanol–water partition coefficient (Wildman–Crippen LogP) is 3.67. The summed E-state index contributed by atoms with van der Waals surface area (Å²) in [4.78, 5) is 4.14. The predicted molar refractivity (Wildman–Crippen MR) is 75.0 cm³/mol. The SMILES string of the molecule is COc1ccc(Nc2cc(Cl)c(C#N)cn2)c(C)c1. The van der Waals surface area contributed by atoms with Crippen LogP contribution in [-0.2, 0) is 0 Å². The van der Waals surface area contributed by atoms with Crippen molar-refractivity contribution in [1.82, 2.24) is 4.98 Å². The summed E-state index contributed by atoms with van der Waals surface area (Å²) in [6.07, 6.45) is 1.45. The first-order chi connectivity index (χ1) is 9.13. The van der Waals surface area contributed by atoms with Crippen molar-refractivity contribution >= 4 is 23.1 Å². The highest BCUT2D eigenvalue weighted by Crippen LogP contribution is 2.25. The molecule has 1 aromatic carbocycles. The topological polar surface area (TPSA) is 57.9 Å². The molecule has 4 nitrogen and oxygen atoms in total. The molecule has 1 aromatic heterocycles. The summed E-state index contributed by atoms with van der Waals surface area (Å²) in [5, 5.41) is 12.3. The van der Waals surface area contributed by atoms with E-state index < -0.39 is 0 Å². The van der Waals surface area contributed by atoms with E-state index in [1.165, 1.54) is 6.20 Å². The Kier molecular flexibility index (Phi) is 3.88. The molecule has 19 heavy (non-hydrogen) atoms. The number of aromatic nitrogens is 1. The molecule has 1 heterocycles. The molecule has 0 unspecified atom stereocenters. The van der Waals surface area contributed by atoms with Crippen molar-refractivity contribution in [2.45, 2.75) is 6.92 Å². The normalized spacial score (nSPS) is 9.79. The molecule has 0 atom stereocenters. The average Bonchev–Trinajstić information content (AvgIpc) is 2.41. The highest BCUT2D eigenvalue weighted by molar-refractivity contribution is 6.31. The molecule has 2 aromatic rings. The standard InChI is InChI=1S/C14H12ClN3O/c1-9-5-11(19-2)3-4-13(9)18-14-6-12(15)10(7-16)8-17-14/h3-6,8H,1-2H3,(H,17,18). The Morgan fingerprint density at radius 2 is 2.16 bits per heavy atom. The Bertz CT molecular complexity index is 650. The summed E-state index contributed by atoms with van der Waals surface area (Å²) in [6, 6.07) is 9.29. The van der Waals surface area contributed by atoms with Crippen LogP contribution in [0, 0.1) is 18.3 Å². The lowest BCUT2D eigenvalue weighted by molar-refractivity contribution is 0.414. The van der Waals surface area contributed by atoms with Gasteiger partial charge in [0.1, 0.15) is 17.6 Å². The van der Waals surface area contributed by atoms with Gasteiger partial charge in [0.05, 0.1) is 17.7 Å². The zero-order valence-electron chi connectivity index (χ0n) is 10.6. The lowest BCUT2D eigenvalue weighted by Crippen LogP contribution is -1.97. The highest BCUT2D eigenvalue weighted by atomic mass is 35.5. The van der Waals surface area contributed by atoms with Crippen molar-refractivity contribution < 1.29 is 4.74 Å². The van der Waals surface area contributed by atoms with Gasteiger partial charge in [-0.05, 0) is 30.7 Å². The summed E-state index contributed by atoms with van der Waals surface area (Å²) in [7, 11) is 1.63. The number of methoxy groups -OCH3 is 1. The van der Waals surface area contributed by atoms with E-state index in [4.69, 9.17) is 21.6 Å². The van der Waals surface area contributed by atoms with E-state index in [1.807, 2.05) is 31.2 Å². The van der Waals surface area contributed by atoms with E-state index >= 15 is 0 Å². The summed E-state index contributed by atoms with van der Waals surface area (Å²) in [5.41, 5.74) is 2.30. The van der Waals surface area contributed by atoms with Crippen LogP contribution in [0.25, 0.3) is 0 Å². The second-order valence-electron chi connectivity index (χ2n) is 3.97. The zero-order chi connectivity index (χ0) is 13.8. The van der Waals surface area contributed by atoms with Gasteiger partial charge in [-0.15, -0.1) is 0 Å². The van der Waals surface area contributed by atoms with Gasteiger partial charge >= 0.3 is 0 Å². The number of hydrogen-bond donors (Lipinski definition) is 1. The number of anilines is 2. The number of nitrogens with zero attached hydrogens (tertiary/aromatic N) is 2. The van der Waals surface area contributed by atoms with Crippen LogP contribution in [0.4, 0.5) is 11.5 Å². The Labute approximate surface area is 116 Å². The van der Waals surface area contributed by atoms with Crippen molar-refractivity contribution in [1.29, 1.82) is 5.26 Å². The Morgan fingerprint density at radius 1 is 1.37 bits per heavy atom. The van der Waals surface area contributed by atoms with Gasteiger partial charge in [-0.1, -0.05) is 11.6 Å².